The molecule has 0 saturated heterocycles. The summed E-state index contributed by atoms with van der Waals surface area (Å²) in [5.74, 6) is -1.08. The Labute approximate surface area is 137 Å². The molecule has 0 aromatic carbocycles. The summed E-state index contributed by atoms with van der Waals surface area (Å²) >= 11 is 3.24. The zero-order chi connectivity index (χ0) is 16.9. The van der Waals surface area contributed by atoms with E-state index in [2.05, 4.69) is 20.9 Å². The Hall–Kier alpha value is -1.67. The maximum Gasteiger partial charge on any atom is 0.410 e. The maximum absolute atomic E-state index is 12.1. The summed E-state index contributed by atoms with van der Waals surface area (Å²) in [6.45, 7) is 5.21. The molecule has 1 aromatic heterocycles. The van der Waals surface area contributed by atoms with Crippen molar-refractivity contribution in [1.82, 2.24) is 9.88 Å². The molecule has 1 aromatic rings. The first-order valence-corrected chi connectivity index (χ1v) is 7.40. The number of nitrogens with zero attached hydrogens (tertiary/aromatic N) is 2. The number of aliphatic hydroxyl groups excluding tert-OH is 1. The van der Waals surface area contributed by atoms with Crippen molar-refractivity contribution in [1.29, 1.82) is 0 Å². The first-order valence-electron chi connectivity index (χ1n) is 6.60. The van der Waals surface area contributed by atoms with Crippen LogP contribution in [0.15, 0.2) is 16.7 Å². The lowest BCUT2D eigenvalue weighted by atomic mass is 10.2. The van der Waals surface area contributed by atoms with E-state index in [9.17, 15) is 9.59 Å². The van der Waals surface area contributed by atoms with Gasteiger partial charge in [-0.2, -0.15) is 0 Å². The quantitative estimate of drug-likeness (QED) is 0.819. The number of aromatic carboxylic acids is 1. The van der Waals surface area contributed by atoms with Gasteiger partial charge >= 0.3 is 12.1 Å². The van der Waals surface area contributed by atoms with Crippen molar-refractivity contribution in [2.75, 3.05) is 13.2 Å². The van der Waals surface area contributed by atoms with E-state index in [1.54, 1.807) is 20.8 Å². The normalized spacial score (nSPS) is 11.1. The molecular formula is C14H19BrN2O5. The molecule has 2 N–H and O–H groups in total. The second-order valence-electron chi connectivity index (χ2n) is 5.58. The number of hydrogen-bond donors (Lipinski definition) is 2. The molecule has 1 rings (SSSR count). The van der Waals surface area contributed by atoms with Crippen molar-refractivity contribution in [3.63, 3.8) is 0 Å². The van der Waals surface area contributed by atoms with Gasteiger partial charge in [0.2, 0.25) is 0 Å². The van der Waals surface area contributed by atoms with Crippen LogP contribution in [-0.4, -0.2) is 50.9 Å². The van der Waals surface area contributed by atoms with Crippen molar-refractivity contribution in [3.05, 3.63) is 28.0 Å². The Morgan fingerprint density at radius 1 is 1.41 bits per heavy atom. The van der Waals surface area contributed by atoms with E-state index in [1.807, 2.05) is 0 Å². The molecular weight excluding hydrogens is 356 g/mol. The molecule has 7 nitrogen and oxygen atoms in total. The number of amides is 1. The van der Waals surface area contributed by atoms with Gasteiger partial charge in [-0.3, -0.25) is 9.88 Å². The van der Waals surface area contributed by atoms with E-state index in [-0.39, 0.29) is 25.3 Å². The summed E-state index contributed by atoms with van der Waals surface area (Å²) in [6.07, 6.45) is 0.645. The highest BCUT2D eigenvalue weighted by Crippen LogP contribution is 2.19. The van der Waals surface area contributed by atoms with Crippen molar-refractivity contribution in [3.8, 4) is 0 Å². The van der Waals surface area contributed by atoms with Crippen molar-refractivity contribution < 1.29 is 24.5 Å². The Balaban J connectivity index is 2.91. The summed E-state index contributed by atoms with van der Waals surface area (Å²) < 4.78 is 5.74. The van der Waals surface area contributed by atoms with Gasteiger partial charge in [0.25, 0.3) is 0 Å². The minimum absolute atomic E-state index is 0.0431. The fourth-order valence-electron chi connectivity index (χ4n) is 1.56. The van der Waals surface area contributed by atoms with Crippen LogP contribution in [0.4, 0.5) is 4.79 Å². The molecule has 0 bridgehead atoms. The Morgan fingerprint density at radius 2 is 2.05 bits per heavy atom. The second kappa shape index (κ2) is 7.55. The summed E-state index contributed by atoms with van der Waals surface area (Å²) in [5.41, 5.74) is -0.131. The third kappa shape index (κ3) is 5.61. The van der Waals surface area contributed by atoms with E-state index >= 15 is 0 Å². The molecule has 0 unspecified atom stereocenters. The predicted octanol–water partition coefficient (Wildman–Crippen LogP) is 2.27. The van der Waals surface area contributed by atoms with Crippen LogP contribution in [0.25, 0.3) is 0 Å². The number of pyridine rings is 1. The molecule has 1 heterocycles. The van der Waals surface area contributed by atoms with Gasteiger partial charge in [0.05, 0.1) is 24.4 Å². The van der Waals surface area contributed by atoms with Gasteiger partial charge < -0.3 is 14.9 Å². The average Bonchev–Trinajstić information content (AvgIpc) is 2.37. The number of rotatable bonds is 5. The van der Waals surface area contributed by atoms with Gasteiger partial charge in [0.15, 0.2) is 0 Å². The minimum atomic E-state index is -1.08. The monoisotopic (exact) mass is 374 g/mol. The summed E-state index contributed by atoms with van der Waals surface area (Å²) in [4.78, 5) is 28.3. The molecule has 0 atom stereocenters. The maximum atomic E-state index is 12.1. The summed E-state index contributed by atoms with van der Waals surface area (Å²) in [6, 6.07) is 1.41. The lowest BCUT2D eigenvalue weighted by Gasteiger charge is -2.27. The highest BCUT2D eigenvalue weighted by molar-refractivity contribution is 9.10. The zero-order valence-electron chi connectivity index (χ0n) is 12.7. The third-order valence-corrected chi connectivity index (χ3v) is 3.21. The molecule has 22 heavy (non-hydrogen) atoms. The van der Waals surface area contributed by atoms with Crippen molar-refractivity contribution in [2.45, 2.75) is 32.9 Å². The van der Waals surface area contributed by atoms with Crippen molar-refractivity contribution >= 4 is 28.0 Å². The van der Waals surface area contributed by atoms with Crippen LogP contribution in [0, 0.1) is 0 Å². The molecule has 0 radical (unpaired) electrons. The van der Waals surface area contributed by atoms with Crippen LogP contribution < -0.4 is 0 Å². The lowest BCUT2D eigenvalue weighted by molar-refractivity contribution is 0.0198. The highest BCUT2D eigenvalue weighted by atomic mass is 79.9. The highest BCUT2D eigenvalue weighted by Gasteiger charge is 2.23. The number of aliphatic hydroxyl groups is 1. The SMILES string of the molecule is CC(C)(C)OC(=O)N(CCO)Cc1ncc(C(=O)O)cc1Br. The van der Waals surface area contributed by atoms with E-state index in [0.29, 0.717) is 10.2 Å². The second-order valence-corrected chi connectivity index (χ2v) is 6.44. The number of carboxylic acid groups (broad SMARTS) is 1. The molecule has 122 valence electrons. The summed E-state index contributed by atoms with van der Waals surface area (Å²) in [7, 11) is 0. The number of halogens is 1. The van der Waals surface area contributed by atoms with Crippen LogP contribution >= 0.6 is 15.9 Å². The van der Waals surface area contributed by atoms with Crippen LogP contribution in [0.1, 0.15) is 36.8 Å². The first kappa shape index (κ1) is 18.4. The number of ether oxygens (including phenoxy) is 1. The van der Waals surface area contributed by atoms with E-state index < -0.39 is 17.7 Å². The van der Waals surface area contributed by atoms with Gasteiger partial charge in [-0.25, -0.2) is 9.59 Å². The van der Waals surface area contributed by atoms with E-state index in [4.69, 9.17) is 14.9 Å². The molecule has 0 saturated carbocycles. The van der Waals surface area contributed by atoms with Gasteiger partial charge in [0, 0.05) is 17.2 Å². The fraction of sp³-hybridized carbons (Fsp3) is 0.500. The largest absolute Gasteiger partial charge is 0.478 e. The topological polar surface area (TPSA) is 100.0 Å². The fourth-order valence-corrected chi connectivity index (χ4v) is 2.04. The number of hydrogen-bond acceptors (Lipinski definition) is 5. The van der Waals surface area contributed by atoms with Crippen LogP contribution in [0.3, 0.4) is 0 Å². The average molecular weight is 375 g/mol. The molecule has 0 fully saturated rings. The number of carbonyl (C=O) groups excluding carboxylic acids is 1. The molecule has 0 spiro atoms. The molecule has 8 heteroatoms. The van der Waals surface area contributed by atoms with Gasteiger partial charge in [-0.1, -0.05) is 0 Å². The standard InChI is InChI=1S/C14H19BrN2O5/c1-14(2,3)22-13(21)17(4-5-18)8-11-10(15)6-9(7-16-11)12(19)20/h6-7,18H,4-5,8H2,1-3H3,(H,19,20). The lowest BCUT2D eigenvalue weighted by Crippen LogP contribution is -2.38. The molecule has 0 aliphatic heterocycles. The summed E-state index contributed by atoms with van der Waals surface area (Å²) in [5, 5.41) is 18.0. The Bertz CT molecular complexity index is 557. The van der Waals surface area contributed by atoms with Crippen LogP contribution in [0.5, 0.6) is 0 Å². The number of carbonyl (C=O) groups is 2. The smallest absolute Gasteiger partial charge is 0.410 e. The Morgan fingerprint density at radius 3 is 2.50 bits per heavy atom. The number of carboxylic acids is 1. The Kier molecular flexibility index (Phi) is 6.31. The van der Waals surface area contributed by atoms with Crippen molar-refractivity contribution in [2.24, 2.45) is 0 Å². The van der Waals surface area contributed by atoms with Gasteiger partial charge in [0.1, 0.15) is 5.60 Å². The molecule has 1 amide bonds. The van der Waals surface area contributed by atoms with Crippen LogP contribution in [0.2, 0.25) is 0 Å². The molecule has 0 aliphatic rings. The van der Waals surface area contributed by atoms with Gasteiger partial charge in [-0.15, -0.1) is 0 Å². The first-order chi connectivity index (χ1) is 10.1. The van der Waals surface area contributed by atoms with E-state index in [0.717, 1.165) is 0 Å². The van der Waals surface area contributed by atoms with E-state index in [1.165, 1.54) is 17.2 Å². The molecule has 0 aliphatic carbocycles. The predicted molar refractivity (Wildman–Crippen MR) is 82.6 cm³/mol. The van der Waals surface area contributed by atoms with Crippen LogP contribution in [-0.2, 0) is 11.3 Å². The van der Waals surface area contributed by atoms with Gasteiger partial charge in [-0.05, 0) is 42.8 Å². The zero-order valence-corrected chi connectivity index (χ0v) is 14.3. The number of aromatic nitrogens is 1. The third-order valence-electron chi connectivity index (χ3n) is 2.53. The minimum Gasteiger partial charge on any atom is -0.478 e.